The molecule has 1 aliphatic carbocycles. The van der Waals surface area contributed by atoms with E-state index in [4.69, 9.17) is 4.74 Å². The maximum absolute atomic E-state index is 12.0. The number of hydrogen-bond donors (Lipinski definition) is 0. The van der Waals surface area contributed by atoms with Crippen molar-refractivity contribution in [1.82, 2.24) is 0 Å². The van der Waals surface area contributed by atoms with Crippen molar-refractivity contribution in [3.8, 4) is 0 Å². The van der Waals surface area contributed by atoms with Gasteiger partial charge in [-0.25, -0.2) is 0 Å². The van der Waals surface area contributed by atoms with Crippen LogP contribution in [-0.4, -0.2) is 17.4 Å². The molecular weight excluding hydrogens is 192 g/mol. The molecule has 3 nitrogen and oxygen atoms in total. The van der Waals surface area contributed by atoms with Crippen LogP contribution in [0.25, 0.3) is 0 Å². The minimum atomic E-state index is -1.00. The van der Waals surface area contributed by atoms with Gasteiger partial charge < -0.3 is 4.74 Å². The molecule has 0 saturated heterocycles. The third-order valence-corrected chi connectivity index (χ3v) is 2.64. The lowest BCUT2D eigenvalue weighted by molar-refractivity contribution is -0.150. The molecule has 0 radical (unpaired) electrons. The second kappa shape index (κ2) is 3.19. The Bertz CT molecular complexity index is 436. The van der Waals surface area contributed by atoms with E-state index in [0.717, 1.165) is 5.56 Å². The highest BCUT2D eigenvalue weighted by atomic mass is 16.6. The zero-order valence-electron chi connectivity index (χ0n) is 8.74. The molecule has 0 heterocycles. The first-order chi connectivity index (χ1) is 7.03. The van der Waals surface area contributed by atoms with E-state index in [1.807, 2.05) is 18.2 Å². The molecule has 0 saturated carbocycles. The summed E-state index contributed by atoms with van der Waals surface area (Å²) in [4.78, 5) is 22.9. The van der Waals surface area contributed by atoms with Crippen LogP contribution in [-0.2, 0) is 16.0 Å². The van der Waals surface area contributed by atoms with Gasteiger partial charge in [-0.3, -0.25) is 9.59 Å². The average molecular weight is 204 g/mol. The largest absolute Gasteiger partial charge is 0.451 e. The highest BCUT2D eigenvalue weighted by Gasteiger charge is 2.44. The van der Waals surface area contributed by atoms with E-state index in [9.17, 15) is 9.59 Å². The van der Waals surface area contributed by atoms with Gasteiger partial charge in [0.05, 0.1) is 0 Å². The van der Waals surface area contributed by atoms with Crippen LogP contribution in [0.15, 0.2) is 24.3 Å². The summed E-state index contributed by atoms with van der Waals surface area (Å²) in [5.41, 5.74) is 0.614. The number of esters is 1. The summed E-state index contributed by atoms with van der Waals surface area (Å²) < 4.78 is 5.10. The van der Waals surface area contributed by atoms with Crippen molar-refractivity contribution in [3.63, 3.8) is 0 Å². The number of Topliss-reactive ketones (excluding diaryl/α,β-unsaturated/α-hetero) is 1. The summed E-state index contributed by atoms with van der Waals surface area (Å²) in [7, 11) is 0. The summed E-state index contributed by atoms with van der Waals surface area (Å²) in [6.45, 7) is 2.98. The highest BCUT2D eigenvalue weighted by Crippen LogP contribution is 2.32. The van der Waals surface area contributed by atoms with E-state index in [1.54, 1.807) is 13.0 Å². The molecule has 3 heteroatoms. The fraction of sp³-hybridized carbons (Fsp3) is 0.333. The van der Waals surface area contributed by atoms with Gasteiger partial charge in [0.15, 0.2) is 5.60 Å². The molecule has 0 fully saturated rings. The lowest BCUT2D eigenvalue weighted by Gasteiger charge is -2.21. The number of rotatable bonds is 1. The molecule has 0 unspecified atom stereocenters. The van der Waals surface area contributed by atoms with Crippen LogP contribution >= 0.6 is 0 Å². The molecule has 1 atom stereocenters. The minimum absolute atomic E-state index is 0.103. The van der Waals surface area contributed by atoms with Gasteiger partial charge in [-0.2, -0.15) is 0 Å². The van der Waals surface area contributed by atoms with Crippen molar-refractivity contribution in [3.05, 3.63) is 35.4 Å². The van der Waals surface area contributed by atoms with E-state index in [2.05, 4.69) is 0 Å². The van der Waals surface area contributed by atoms with E-state index in [0.29, 0.717) is 12.0 Å². The molecule has 15 heavy (non-hydrogen) atoms. The van der Waals surface area contributed by atoms with Crippen molar-refractivity contribution >= 4 is 11.8 Å². The minimum Gasteiger partial charge on any atom is -0.451 e. The van der Waals surface area contributed by atoms with Gasteiger partial charge in [0.1, 0.15) is 0 Å². The predicted molar refractivity (Wildman–Crippen MR) is 54.6 cm³/mol. The monoisotopic (exact) mass is 204 g/mol. The first-order valence-corrected chi connectivity index (χ1v) is 4.85. The molecule has 1 aromatic carbocycles. The van der Waals surface area contributed by atoms with Gasteiger partial charge >= 0.3 is 5.97 Å². The number of benzene rings is 1. The Kier molecular flexibility index (Phi) is 2.11. The van der Waals surface area contributed by atoms with Gasteiger partial charge in [0.2, 0.25) is 5.78 Å². The Labute approximate surface area is 88.1 Å². The standard InChI is InChI=1S/C12H12O3/c1-8(13)15-12(2)7-9-5-3-4-6-10(9)11(12)14/h3-6H,7H2,1-2H3/t12-/m1/s1. The van der Waals surface area contributed by atoms with Crippen LogP contribution in [0, 0.1) is 0 Å². The third-order valence-electron chi connectivity index (χ3n) is 2.64. The summed E-state index contributed by atoms with van der Waals surface area (Å²) in [6.07, 6.45) is 0.474. The summed E-state index contributed by atoms with van der Waals surface area (Å²) in [5.74, 6) is -0.521. The first kappa shape index (κ1) is 9.90. The third kappa shape index (κ3) is 1.54. The Morgan fingerprint density at radius 1 is 1.40 bits per heavy atom. The second-order valence-electron chi connectivity index (χ2n) is 3.99. The molecule has 78 valence electrons. The van der Waals surface area contributed by atoms with E-state index in [1.165, 1.54) is 6.92 Å². The molecular formula is C12H12O3. The topological polar surface area (TPSA) is 43.4 Å². The molecule has 0 N–H and O–H groups in total. The Hall–Kier alpha value is -1.64. The van der Waals surface area contributed by atoms with Crippen molar-refractivity contribution in [2.45, 2.75) is 25.9 Å². The molecule has 0 bridgehead atoms. The van der Waals surface area contributed by atoms with Gasteiger partial charge in [-0.1, -0.05) is 24.3 Å². The summed E-state index contributed by atoms with van der Waals surface area (Å²) >= 11 is 0. The fourth-order valence-electron chi connectivity index (χ4n) is 2.02. The molecule has 0 amide bonds. The first-order valence-electron chi connectivity index (χ1n) is 4.85. The average Bonchev–Trinajstić information content (AvgIpc) is 2.39. The molecule has 0 aliphatic heterocycles. The number of hydrogen-bond acceptors (Lipinski definition) is 3. The number of ether oxygens (including phenoxy) is 1. The second-order valence-corrected chi connectivity index (χ2v) is 3.99. The Morgan fingerprint density at radius 3 is 2.67 bits per heavy atom. The maximum Gasteiger partial charge on any atom is 0.303 e. The quantitative estimate of drug-likeness (QED) is 0.654. The predicted octanol–water partition coefficient (Wildman–Crippen LogP) is 1.75. The number of carbonyl (C=O) groups excluding carboxylic acids is 2. The number of carbonyl (C=O) groups is 2. The highest BCUT2D eigenvalue weighted by molar-refractivity contribution is 6.07. The zero-order valence-corrected chi connectivity index (χ0v) is 8.74. The molecule has 1 aromatic rings. The summed E-state index contributed by atoms with van der Waals surface area (Å²) in [5, 5.41) is 0. The maximum atomic E-state index is 12.0. The van der Waals surface area contributed by atoms with E-state index >= 15 is 0 Å². The zero-order chi connectivity index (χ0) is 11.1. The SMILES string of the molecule is CC(=O)O[C@]1(C)Cc2ccccc2C1=O. The van der Waals surface area contributed by atoms with Crippen molar-refractivity contribution in [1.29, 1.82) is 0 Å². The van der Waals surface area contributed by atoms with Crippen molar-refractivity contribution < 1.29 is 14.3 Å². The van der Waals surface area contributed by atoms with Crippen molar-refractivity contribution in [2.24, 2.45) is 0 Å². The smallest absolute Gasteiger partial charge is 0.303 e. The van der Waals surface area contributed by atoms with Crippen molar-refractivity contribution in [2.75, 3.05) is 0 Å². The Balaban J connectivity index is 2.38. The number of ketones is 1. The molecule has 0 aromatic heterocycles. The summed E-state index contributed by atoms with van der Waals surface area (Å²) in [6, 6.07) is 7.36. The van der Waals surface area contributed by atoms with Gasteiger partial charge in [-0.05, 0) is 12.5 Å². The van der Waals surface area contributed by atoms with Gasteiger partial charge in [0, 0.05) is 18.9 Å². The lowest BCUT2D eigenvalue weighted by atomic mass is 10.0. The van der Waals surface area contributed by atoms with Crippen LogP contribution in [0.4, 0.5) is 0 Å². The van der Waals surface area contributed by atoms with E-state index < -0.39 is 11.6 Å². The molecule has 2 rings (SSSR count). The fourth-order valence-corrected chi connectivity index (χ4v) is 2.02. The van der Waals surface area contributed by atoms with Crippen LogP contribution in [0.1, 0.15) is 29.8 Å². The normalized spacial score (nSPS) is 23.7. The number of fused-ring (bicyclic) bond motifs is 1. The Morgan fingerprint density at radius 2 is 2.07 bits per heavy atom. The van der Waals surface area contributed by atoms with Gasteiger partial charge in [-0.15, -0.1) is 0 Å². The lowest BCUT2D eigenvalue weighted by Crippen LogP contribution is -2.37. The van der Waals surface area contributed by atoms with Gasteiger partial charge in [0.25, 0.3) is 0 Å². The van der Waals surface area contributed by atoms with Crippen LogP contribution in [0.2, 0.25) is 0 Å². The van der Waals surface area contributed by atoms with E-state index in [-0.39, 0.29) is 5.78 Å². The molecule has 0 spiro atoms. The van der Waals surface area contributed by atoms with Crippen LogP contribution < -0.4 is 0 Å². The molecule has 1 aliphatic rings. The van der Waals surface area contributed by atoms with Crippen LogP contribution in [0.3, 0.4) is 0 Å². The van der Waals surface area contributed by atoms with Crippen LogP contribution in [0.5, 0.6) is 0 Å².